The van der Waals surface area contributed by atoms with Gasteiger partial charge in [0.05, 0.1) is 6.04 Å². The Morgan fingerprint density at radius 1 is 1.05 bits per heavy atom. The summed E-state index contributed by atoms with van der Waals surface area (Å²) < 4.78 is 1.12. The monoisotopic (exact) mass is 332 g/mol. The Kier molecular flexibility index (Phi) is 4.97. The van der Waals surface area contributed by atoms with Crippen LogP contribution in [0.1, 0.15) is 33.9 Å². The number of nitrogens with one attached hydrogen (secondary N) is 1. The first-order chi connectivity index (χ1) is 9.52. The maximum Gasteiger partial charge on any atom is 0.0500 e. The molecule has 1 unspecified atom stereocenters. The summed E-state index contributed by atoms with van der Waals surface area (Å²) in [6.07, 6.45) is 0.893. The van der Waals surface area contributed by atoms with Gasteiger partial charge in [-0.2, -0.15) is 0 Å². The Balaban J connectivity index is 2.31. The molecule has 2 aromatic carbocycles. The van der Waals surface area contributed by atoms with Gasteiger partial charge >= 0.3 is 0 Å². The van der Waals surface area contributed by atoms with Gasteiger partial charge in [-0.05, 0) is 61.1 Å². The third-order valence-corrected chi connectivity index (χ3v) is 4.71. The molecule has 0 radical (unpaired) electrons. The summed E-state index contributed by atoms with van der Waals surface area (Å²) in [4.78, 5) is 0. The smallest absolute Gasteiger partial charge is 0.0500 e. The molecule has 20 heavy (non-hydrogen) atoms. The minimum Gasteiger partial charge on any atom is -0.271 e. The lowest BCUT2D eigenvalue weighted by molar-refractivity contribution is 0.549. The van der Waals surface area contributed by atoms with Gasteiger partial charge in [0.25, 0.3) is 0 Å². The molecule has 1 atom stereocenters. The zero-order valence-electron chi connectivity index (χ0n) is 12.2. The van der Waals surface area contributed by atoms with Crippen molar-refractivity contribution in [2.75, 3.05) is 0 Å². The molecule has 0 amide bonds. The topological polar surface area (TPSA) is 38.0 Å². The summed E-state index contributed by atoms with van der Waals surface area (Å²) >= 11 is 3.59. The second kappa shape index (κ2) is 6.53. The van der Waals surface area contributed by atoms with Crippen LogP contribution in [0.4, 0.5) is 0 Å². The fourth-order valence-electron chi connectivity index (χ4n) is 2.47. The van der Waals surface area contributed by atoms with Crippen molar-refractivity contribution in [2.24, 2.45) is 5.84 Å². The molecule has 0 saturated heterocycles. The van der Waals surface area contributed by atoms with E-state index in [1.165, 1.54) is 27.8 Å². The van der Waals surface area contributed by atoms with Crippen molar-refractivity contribution >= 4 is 15.9 Å². The summed E-state index contributed by atoms with van der Waals surface area (Å²) in [6, 6.07) is 12.9. The van der Waals surface area contributed by atoms with Gasteiger partial charge in [0.2, 0.25) is 0 Å². The Morgan fingerprint density at radius 2 is 1.70 bits per heavy atom. The minimum atomic E-state index is 0.117. The van der Waals surface area contributed by atoms with E-state index in [9.17, 15) is 0 Å². The highest BCUT2D eigenvalue weighted by molar-refractivity contribution is 9.10. The van der Waals surface area contributed by atoms with Crippen LogP contribution >= 0.6 is 15.9 Å². The van der Waals surface area contributed by atoms with Crippen LogP contribution in [-0.4, -0.2) is 0 Å². The van der Waals surface area contributed by atoms with E-state index in [1.807, 2.05) is 0 Å². The number of benzene rings is 2. The number of halogens is 1. The molecule has 0 bridgehead atoms. The van der Waals surface area contributed by atoms with Gasteiger partial charge in [-0.1, -0.05) is 46.3 Å². The highest BCUT2D eigenvalue weighted by atomic mass is 79.9. The molecular weight excluding hydrogens is 312 g/mol. The molecule has 2 rings (SSSR count). The summed E-state index contributed by atoms with van der Waals surface area (Å²) in [5, 5.41) is 0. The summed E-state index contributed by atoms with van der Waals surface area (Å²) in [6.45, 7) is 6.40. The van der Waals surface area contributed by atoms with Gasteiger partial charge < -0.3 is 0 Å². The lowest BCUT2D eigenvalue weighted by Crippen LogP contribution is -2.30. The first-order valence-corrected chi connectivity index (χ1v) is 7.59. The van der Waals surface area contributed by atoms with E-state index in [0.29, 0.717) is 0 Å². The highest BCUT2D eigenvalue weighted by Crippen LogP contribution is 2.26. The zero-order valence-corrected chi connectivity index (χ0v) is 13.8. The van der Waals surface area contributed by atoms with Crippen LogP contribution in [-0.2, 0) is 6.42 Å². The van der Waals surface area contributed by atoms with Crippen molar-refractivity contribution in [2.45, 2.75) is 33.2 Å². The van der Waals surface area contributed by atoms with Crippen LogP contribution in [0.25, 0.3) is 0 Å². The molecule has 0 aliphatic heterocycles. The molecule has 0 aliphatic carbocycles. The van der Waals surface area contributed by atoms with Crippen molar-refractivity contribution in [3.05, 3.63) is 68.7 Å². The lowest BCUT2D eigenvalue weighted by Gasteiger charge is -2.20. The Hall–Kier alpha value is -1.16. The second-order valence-corrected chi connectivity index (χ2v) is 6.16. The first kappa shape index (κ1) is 15.2. The van der Waals surface area contributed by atoms with Crippen molar-refractivity contribution in [1.82, 2.24) is 5.43 Å². The highest BCUT2D eigenvalue weighted by Gasteiger charge is 2.14. The number of hydrogen-bond donors (Lipinski definition) is 2. The Morgan fingerprint density at radius 3 is 2.25 bits per heavy atom. The maximum absolute atomic E-state index is 5.78. The van der Waals surface area contributed by atoms with E-state index in [2.05, 4.69) is 78.5 Å². The number of hydrogen-bond acceptors (Lipinski definition) is 2. The van der Waals surface area contributed by atoms with Crippen LogP contribution in [0.2, 0.25) is 0 Å². The molecule has 0 saturated carbocycles. The van der Waals surface area contributed by atoms with Gasteiger partial charge in [0.15, 0.2) is 0 Å². The van der Waals surface area contributed by atoms with E-state index >= 15 is 0 Å². The summed E-state index contributed by atoms with van der Waals surface area (Å²) in [5.74, 6) is 5.78. The van der Waals surface area contributed by atoms with E-state index in [4.69, 9.17) is 5.84 Å². The molecular formula is C17H21BrN2. The van der Waals surface area contributed by atoms with Crippen LogP contribution in [0, 0.1) is 20.8 Å². The first-order valence-electron chi connectivity index (χ1n) is 6.80. The number of nitrogens with two attached hydrogens (primary N) is 1. The number of aryl methyl sites for hydroxylation is 3. The fourth-order valence-corrected chi connectivity index (χ4v) is 2.87. The van der Waals surface area contributed by atoms with E-state index in [-0.39, 0.29) is 6.04 Å². The lowest BCUT2D eigenvalue weighted by atomic mass is 9.93. The molecule has 2 aromatic rings. The second-order valence-electron chi connectivity index (χ2n) is 5.30. The van der Waals surface area contributed by atoms with Crippen LogP contribution in [0.3, 0.4) is 0 Å². The molecule has 3 heteroatoms. The third-order valence-electron chi connectivity index (χ3n) is 3.85. The van der Waals surface area contributed by atoms with Crippen LogP contribution in [0.15, 0.2) is 40.9 Å². The molecule has 3 N–H and O–H groups in total. The predicted octanol–water partition coefficient (Wildman–Crippen LogP) is 4.12. The van der Waals surface area contributed by atoms with E-state index in [1.54, 1.807) is 0 Å². The quantitative estimate of drug-likeness (QED) is 0.652. The third kappa shape index (κ3) is 3.29. The minimum absolute atomic E-state index is 0.117. The SMILES string of the molecule is Cc1ccc(C(Cc2c(C)cccc2C)NN)cc1Br. The van der Waals surface area contributed by atoms with E-state index < -0.39 is 0 Å². The molecule has 0 heterocycles. The van der Waals surface area contributed by atoms with Crippen LogP contribution in [0.5, 0.6) is 0 Å². The standard InChI is InChI=1S/C17H21BrN2/c1-11-5-4-6-12(2)15(11)10-17(20-19)14-8-7-13(3)16(18)9-14/h4-9,17,20H,10,19H2,1-3H3. The van der Waals surface area contributed by atoms with Gasteiger partial charge in [0, 0.05) is 4.47 Å². The molecule has 0 fully saturated rings. The molecule has 106 valence electrons. The summed E-state index contributed by atoms with van der Waals surface area (Å²) in [5.41, 5.74) is 9.38. The van der Waals surface area contributed by atoms with Gasteiger partial charge in [-0.25, -0.2) is 0 Å². The predicted molar refractivity (Wildman–Crippen MR) is 88.6 cm³/mol. The number of hydrazine groups is 1. The van der Waals surface area contributed by atoms with Gasteiger partial charge in [-0.3, -0.25) is 11.3 Å². The van der Waals surface area contributed by atoms with Gasteiger partial charge in [0.1, 0.15) is 0 Å². The molecule has 0 aromatic heterocycles. The largest absolute Gasteiger partial charge is 0.271 e. The normalized spacial score (nSPS) is 12.4. The summed E-state index contributed by atoms with van der Waals surface area (Å²) in [7, 11) is 0. The molecule has 0 spiro atoms. The van der Waals surface area contributed by atoms with Crippen molar-refractivity contribution < 1.29 is 0 Å². The van der Waals surface area contributed by atoms with Crippen molar-refractivity contribution in [1.29, 1.82) is 0 Å². The average Bonchev–Trinajstić information content (AvgIpc) is 2.42. The zero-order chi connectivity index (χ0) is 14.7. The van der Waals surface area contributed by atoms with Crippen molar-refractivity contribution in [3.8, 4) is 0 Å². The fraction of sp³-hybridized carbons (Fsp3) is 0.294. The number of rotatable bonds is 4. The Bertz CT molecular complexity index is 588. The van der Waals surface area contributed by atoms with Crippen LogP contribution < -0.4 is 11.3 Å². The molecule has 2 nitrogen and oxygen atoms in total. The Labute approximate surface area is 129 Å². The van der Waals surface area contributed by atoms with E-state index in [0.717, 1.165) is 10.9 Å². The average molecular weight is 333 g/mol. The molecule has 0 aliphatic rings. The maximum atomic E-state index is 5.78. The van der Waals surface area contributed by atoms with Gasteiger partial charge in [-0.15, -0.1) is 0 Å². The van der Waals surface area contributed by atoms with Crippen molar-refractivity contribution in [3.63, 3.8) is 0 Å².